The molecule has 2 N–H and O–H groups in total. The van der Waals surface area contributed by atoms with Crippen LogP contribution in [-0.2, 0) is 4.79 Å². The van der Waals surface area contributed by atoms with E-state index >= 15 is 0 Å². The van der Waals surface area contributed by atoms with E-state index in [2.05, 4.69) is 4.98 Å². The molecule has 0 saturated carbocycles. The lowest BCUT2D eigenvalue weighted by atomic mass is 10.1. The van der Waals surface area contributed by atoms with E-state index in [1.54, 1.807) is 18.2 Å². The van der Waals surface area contributed by atoms with Crippen LogP contribution in [0.4, 0.5) is 0 Å². The van der Waals surface area contributed by atoms with E-state index in [0.717, 1.165) is 21.3 Å². The average Bonchev–Trinajstić information content (AvgIpc) is 2.77. The Bertz CT molecular complexity index is 807. The van der Waals surface area contributed by atoms with Crippen LogP contribution < -0.4 is 10.4 Å². The van der Waals surface area contributed by atoms with E-state index in [9.17, 15) is 4.79 Å². The first-order valence-electron chi connectivity index (χ1n) is 5.65. The summed E-state index contributed by atoms with van der Waals surface area (Å²) < 4.78 is 0. The number of H-pyrrole nitrogens is 1. The van der Waals surface area contributed by atoms with Crippen molar-refractivity contribution in [2.75, 3.05) is 0 Å². The minimum Gasteiger partial charge on any atom is -0.478 e. The first-order chi connectivity index (χ1) is 8.75. The predicted octanol–water partition coefficient (Wildman–Crippen LogP) is 1.31. The predicted molar refractivity (Wildman–Crippen MR) is 71.3 cm³/mol. The van der Waals surface area contributed by atoms with Gasteiger partial charge < -0.3 is 10.1 Å². The van der Waals surface area contributed by atoms with Crippen molar-refractivity contribution < 1.29 is 9.90 Å². The number of nitrogens with one attached hydrogen (secondary N) is 1. The van der Waals surface area contributed by atoms with Gasteiger partial charge in [-0.15, -0.1) is 0 Å². The minimum absolute atomic E-state index is 0.282. The lowest BCUT2D eigenvalue weighted by Gasteiger charge is -1.98. The second kappa shape index (κ2) is 4.04. The Kier molecular flexibility index (Phi) is 2.38. The zero-order chi connectivity index (χ0) is 12.5. The SMILES string of the molecule is O=C(O)C1=C/C=c2\c(ccc3[nH]ccc23)=C/C=C1. The number of rotatable bonds is 1. The Hall–Kier alpha value is -2.55. The zero-order valence-electron chi connectivity index (χ0n) is 9.55. The van der Waals surface area contributed by atoms with Crippen molar-refractivity contribution in [1.29, 1.82) is 0 Å². The summed E-state index contributed by atoms with van der Waals surface area (Å²) in [5, 5.41) is 12.2. The normalized spacial score (nSPS) is 17.7. The molecular weight excluding hydrogens is 226 g/mol. The minimum atomic E-state index is -0.916. The van der Waals surface area contributed by atoms with Gasteiger partial charge in [0.1, 0.15) is 0 Å². The van der Waals surface area contributed by atoms with Crippen molar-refractivity contribution in [3.8, 4) is 0 Å². The quantitative estimate of drug-likeness (QED) is 0.785. The highest BCUT2D eigenvalue weighted by atomic mass is 16.4. The van der Waals surface area contributed by atoms with E-state index in [-0.39, 0.29) is 5.57 Å². The van der Waals surface area contributed by atoms with E-state index in [1.165, 1.54) is 0 Å². The molecule has 0 radical (unpaired) electrons. The molecule has 88 valence electrons. The molecule has 18 heavy (non-hydrogen) atoms. The number of hydrogen-bond acceptors (Lipinski definition) is 1. The van der Waals surface area contributed by atoms with Gasteiger partial charge in [0.2, 0.25) is 0 Å². The number of aromatic nitrogens is 1. The van der Waals surface area contributed by atoms with Gasteiger partial charge in [-0.05, 0) is 34.7 Å². The molecule has 1 aromatic heterocycles. The molecule has 0 amide bonds. The zero-order valence-corrected chi connectivity index (χ0v) is 9.55. The van der Waals surface area contributed by atoms with Crippen molar-refractivity contribution in [3.05, 3.63) is 58.6 Å². The number of carbonyl (C=O) groups is 1. The van der Waals surface area contributed by atoms with E-state index in [1.807, 2.05) is 36.5 Å². The van der Waals surface area contributed by atoms with Crippen LogP contribution in [0.3, 0.4) is 0 Å². The number of benzene rings is 1. The van der Waals surface area contributed by atoms with Gasteiger partial charge >= 0.3 is 5.97 Å². The summed E-state index contributed by atoms with van der Waals surface area (Å²) in [7, 11) is 0. The third kappa shape index (κ3) is 1.66. The molecule has 3 nitrogen and oxygen atoms in total. The van der Waals surface area contributed by atoms with Crippen molar-refractivity contribution in [2.24, 2.45) is 0 Å². The highest BCUT2D eigenvalue weighted by Gasteiger charge is 2.03. The van der Waals surface area contributed by atoms with Crippen LogP contribution in [0.1, 0.15) is 0 Å². The highest BCUT2D eigenvalue weighted by Crippen LogP contribution is 2.06. The van der Waals surface area contributed by atoms with Crippen molar-refractivity contribution in [3.63, 3.8) is 0 Å². The van der Waals surface area contributed by atoms with Gasteiger partial charge in [-0.1, -0.05) is 24.3 Å². The van der Waals surface area contributed by atoms with Crippen LogP contribution in [-0.4, -0.2) is 16.1 Å². The van der Waals surface area contributed by atoms with Gasteiger partial charge in [0.15, 0.2) is 0 Å². The van der Waals surface area contributed by atoms with Crippen LogP contribution >= 0.6 is 0 Å². The maximum Gasteiger partial charge on any atom is 0.335 e. The fourth-order valence-corrected chi connectivity index (χ4v) is 2.13. The Labute approximate surface area is 103 Å². The maximum atomic E-state index is 11.0. The Balaban J connectivity index is 2.40. The molecule has 3 heteroatoms. The summed E-state index contributed by atoms with van der Waals surface area (Å²) in [6.45, 7) is 0. The summed E-state index contributed by atoms with van der Waals surface area (Å²) in [5.74, 6) is -0.916. The van der Waals surface area contributed by atoms with Gasteiger partial charge in [0.05, 0.1) is 5.57 Å². The monoisotopic (exact) mass is 237 g/mol. The Morgan fingerprint density at radius 3 is 2.83 bits per heavy atom. The third-order valence-electron chi connectivity index (χ3n) is 3.04. The van der Waals surface area contributed by atoms with Crippen LogP contribution in [0.15, 0.2) is 48.2 Å². The highest BCUT2D eigenvalue weighted by molar-refractivity contribution is 5.92. The second-order valence-corrected chi connectivity index (χ2v) is 4.13. The maximum absolute atomic E-state index is 11.0. The summed E-state index contributed by atoms with van der Waals surface area (Å²) in [4.78, 5) is 14.1. The number of aromatic amines is 1. The largest absolute Gasteiger partial charge is 0.478 e. The number of carboxylic acid groups (broad SMARTS) is 1. The van der Waals surface area contributed by atoms with Gasteiger partial charge in [-0.2, -0.15) is 0 Å². The molecule has 0 saturated heterocycles. The van der Waals surface area contributed by atoms with Gasteiger partial charge in [-0.3, -0.25) is 0 Å². The molecule has 0 unspecified atom stereocenters. The van der Waals surface area contributed by atoms with E-state index in [0.29, 0.717) is 0 Å². The fraction of sp³-hybridized carbons (Fsp3) is 0. The Morgan fingerprint density at radius 2 is 2.00 bits per heavy atom. The van der Waals surface area contributed by atoms with Crippen LogP contribution in [0.5, 0.6) is 0 Å². The summed E-state index contributed by atoms with van der Waals surface area (Å²) in [6, 6.07) is 6.04. The molecular formula is C15H11NO2. The number of aliphatic carboxylic acids is 1. The molecule has 3 rings (SSSR count). The van der Waals surface area contributed by atoms with E-state index in [4.69, 9.17) is 5.11 Å². The summed E-state index contributed by atoms with van der Waals surface area (Å²) in [6.07, 6.45) is 10.7. The molecule has 2 aromatic rings. The van der Waals surface area contributed by atoms with Crippen molar-refractivity contribution >= 4 is 29.0 Å². The van der Waals surface area contributed by atoms with Gasteiger partial charge in [0, 0.05) is 17.1 Å². The van der Waals surface area contributed by atoms with Crippen LogP contribution in [0.2, 0.25) is 0 Å². The van der Waals surface area contributed by atoms with Gasteiger partial charge in [-0.25, -0.2) is 4.79 Å². The number of carboxylic acids is 1. The lowest BCUT2D eigenvalue weighted by Crippen LogP contribution is -2.24. The standard InChI is InChI=1S/C15H11NO2/c17-15(18)11-3-1-2-10-5-7-14-13(8-9-16-14)12(10)6-4-11/h1-9,16H,(H,17,18)/b2-1?,3-1?,6-4?,10-2-,11-3?,11-4?,12-6+. The molecule has 1 heterocycles. The van der Waals surface area contributed by atoms with Gasteiger partial charge in [0.25, 0.3) is 0 Å². The first-order valence-corrected chi connectivity index (χ1v) is 5.65. The molecule has 0 atom stereocenters. The topological polar surface area (TPSA) is 53.1 Å². The fourth-order valence-electron chi connectivity index (χ4n) is 2.13. The number of hydrogen-bond donors (Lipinski definition) is 2. The van der Waals surface area contributed by atoms with Crippen molar-refractivity contribution in [2.45, 2.75) is 0 Å². The first kappa shape index (κ1) is 10.6. The lowest BCUT2D eigenvalue weighted by molar-refractivity contribution is -0.132. The Morgan fingerprint density at radius 1 is 1.11 bits per heavy atom. The molecule has 1 aromatic carbocycles. The average molecular weight is 237 g/mol. The summed E-state index contributed by atoms with van der Waals surface area (Å²) >= 11 is 0. The summed E-state index contributed by atoms with van der Waals surface area (Å²) in [5.41, 5.74) is 1.33. The molecule has 0 bridgehead atoms. The molecule has 0 spiro atoms. The number of allylic oxidation sites excluding steroid dienone is 2. The molecule has 0 fully saturated rings. The molecule has 1 aliphatic carbocycles. The third-order valence-corrected chi connectivity index (χ3v) is 3.04. The van der Waals surface area contributed by atoms with E-state index < -0.39 is 5.97 Å². The number of fused-ring (bicyclic) bond motifs is 3. The van der Waals surface area contributed by atoms with Crippen molar-refractivity contribution in [1.82, 2.24) is 4.98 Å². The molecule has 1 aliphatic rings. The molecule has 0 aliphatic heterocycles. The smallest absolute Gasteiger partial charge is 0.335 e. The van der Waals surface area contributed by atoms with Crippen LogP contribution in [0, 0.1) is 0 Å². The second-order valence-electron chi connectivity index (χ2n) is 4.13. The van der Waals surface area contributed by atoms with Crippen LogP contribution in [0.25, 0.3) is 23.1 Å².